The Morgan fingerprint density at radius 3 is 2.68 bits per heavy atom. The van der Waals surface area contributed by atoms with Gasteiger partial charge in [-0.1, -0.05) is 0 Å². The smallest absolute Gasteiger partial charge is 0.241 e. The molecule has 1 aromatic carbocycles. The van der Waals surface area contributed by atoms with Crippen LogP contribution in [0.3, 0.4) is 0 Å². The third-order valence-corrected chi connectivity index (χ3v) is 4.65. The van der Waals surface area contributed by atoms with Crippen molar-refractivity contribution in [2.75, 3.05) is 19.6 Å². The molecule has 0 spiro atoms. The van der Waals surface area contributed by atoms with Gasteiger partial charge in [-0.2, -0.15) is 0 Å². The highest BCUT2D eigenvalue weighted by molar-refractivity contribution is 9.10. The van der Waals surface area contributed by atoms with Crippen molar-refractivity contribution in [1.29, 1.82) is 0 Å². The molecule has 19 heavy (non-hydrogen) atoms. The molecule has 1 unspecified atom stereocenters. The molecule has 1 atom stereocenters. The molecule has 1 rings (SSSR count). The molecule has 5 nitrogen and oxygen atoms in total. The van der Waals surface area contributed by atoms with Gasteiger partial charge in [-0.15, -0.1) is 0 Å². The van der Waals surface area contributed by atoms with Gasteiger partial charge in [0.2, 0.25) is 10.0 Å². The normalized spacial score (nSPS) is 13.5. The zero-order valence-electron chi connectivity index (χ0n) is 10.4. The van der Waals surface area contributed by atoms with E-state index in [1.54, 1.807) is 6.92 Å². The number of rotatable bonds is 7. The van der Waals surface area contributed by atoms with Crippen molar-refractivity contribution in [3.63, 3.8) is 0 Å². The molecule has 0 bridgehead atoms. The third kappa shape index (κ3) is 5.53. The Morgan fingerprint density at radius 1 is 1.42 bits per heavy atom. The zero-order chi connectivity index (χ0) is 14.5. The Morgan fingerprint density at radius 2 is 2.11 bits per heavy atom. The van der Waals surface area contributed by atoms with Crippen LogP contribution in [-0.2, 0) is 10.0 Å². The molecule has 8 heteroatoms. The zero-order valence-corrected chi connectivity index (χ0v) is 12.8. The largest absolute Gasteiger partial charge is 0.392 e. The van der Waals surface area contributed by atoms with Gasteiger partial charge in [-0.25, -0.2) is 17.5 Å². The van der Waals surface area contributed by atoms with E-state index >= 15 is 0 Å². The van der Waals surface area contributed by atoms with Gasteiger partial charge in [-0.3, -0.25) is 0 Å². The molecule has 0 saturated carbocycles. The van der Waals surface area contributed by atoms with Gasteiger partial charge < -0.3 is 10.4 Å². The molecular weight excluding hydrogens is 339 g/mol. The van der Waals surface area contributed by atoms with Crippen LogP contribution < -0.4 is 10.0 Å². The van der Waals surface area contributed by atoms with Crippen LogP contribution in [0.4, 0.5) is 4.39 Å². The van der Waals surface area contributed by atoms with Gasteiger partial charge in [0.25, 0.3) is 0 Å². The second-order valence-electron chi connectivity index (χ2n) is 4.03. The fourth-order valence-electron chi connectivity index (χ4n) is 1.36. The molecule has 108 valence electrons. The van der Waals surface area contributed by atoms with Crippen molar-refractivity contribution in [3.8, 4) is 0 Å². The first-order chi connectivity index (χ1) is 8.83. The van der Waals surface area contributed by atoms with Crippen molar-refractivity contribution < 1.29 is 17.9 Å². The summed E-state index contributed by atoms with van der Waals surface area (Å²) in [7, 11) is -3.67. The summed E-state index contributed by atoms with van der Waals surface area (Å²) in [5, 5.41) is 11.9. The minimum Gasteiger partial charge on any atom is -0.392 e. The molecule has 0 aliphatic heterocycles. The maximum atomic E-state index is 12.9. The Kier molecular flexibility index (Phi) is 6.34. The quantitative estimate of drug-likeness (QED) is 0.634. The first kappa shape index (κ1) is 16.5. The van der Waals surface area contributed by atoms with E-state index in [0.29, 0.717) is 13.1 Å². The fourth-order valence-corrected chi connectivity index (χ4v) is 3.43. The molecule has 0 fully saturated rings. The second kappa shape index (κ2) is 7.30. The number of aliphatic hydroxyl groups is 1. The standard InChI is InChI=1S/C11H16BrFN2O3S/c1-8(16)7-14-4-5-15-19(17,18)11-3-2-9(13)6-10(11)12/h2-3,6,8,14-16H,4-5,7H2,1H3. The van der Waals surface area contributed by atoms with E-state index in [4.69, 9.17) is 5.11 Å². The van der Waals surface area contributed by atoms with E-state index in [9.17, 15) is 12.8 Å². The number of halogens is 2. The highest BCUT2D eigenvalue weighted by Gasteiger charge is 2.17. The summed E-state index contributed by atoms with van der Waals surface area (Å²) in [4.78, 5) is -0.00979. The van der Waals surface area contributed by atoms with E-state index in [2.05, 4.69) is 26.0 Å². The Hall–Kier alpha value is -0.540. The summed E-state index contributed by atoms with van der Waals surface area (Å²) < 4.78 is 39.3. The van der Waals surface area contributed by atoms with Gasteiger partial charge in [-0.05, 0) is 41.1 Å². The van der Waals surface area contributed by atoms with Gasteiger partial charge in [0.1, 0.15) is 5.82 Å². The predicted molar refractivity (Wildman–Crippen MR) is 73.8 cm³/mol. The number of aliphatic hydroxyl groups excluding tert-OH is 1. The highest BCUT2D eigenvalue weighted by atomic mass is 79.9. The van der Waals surface area contributed by atoms with Crippen LogP contribution >= 0.6 is 15.9 Å². The summed E-state index contributed by atoms with van der Waals surface area (Å²) >= 11 is 3.02. The molecule has 1 aromatic rings. The molecule has 0 saturated heterocycles. The van der Waals surface area contributed by atoms with E-state index < -0.39 is 21.9 Å². The van der Waals surface area contributed by atoms with Crippen LogP contribution in [0.15, 0.2) is 27.6 Å². The SMILES string of the molecule is CC(O)CNCCNS(=O)(=O)c1ccc(F)cc1Br. The van der Waals surface area contributed by atoms with Crippen LogP contribution in [0.1, 0.15) is 6.92 Å². The molecule has 3 N–H and O–H groups in total. The molecule has 0 amide bonds. The van der Waals surface area contributed by atoms with Crippen molar-refractivity contribution in [1.82, 2.24) is 10.0 Å². The maximum absolute atomic E-state index is 12.9. The summed E-state index contributed by atoms with van der Waals surface area (Å²) in [6.45, 7) is 2.59. The fraction of sp³-hybridized carbons (Fsp3) is 0.455. The van der Waals surface area contributed by atoms with Crippen LogP contribution in [-0.4, -0.2) is 39.3 Å². The monoisotopic (exact) mass is 354 g/mol. The van der Waals surface area contributed by atoms with Crippen molar-refractivity contribution in [2.24, 2.45) is 0 Å². The molecular formula is C11H16BrFN2O3S. The average Bonchev–Trinajstić information content (AvgIpc) is 2.27. The third-order valence-electron chi connectivity index (χ3n) is 2.22. The highest BCUT2D eigenvalue weighted by Crippen LogP contribution is 2.22. The molecule has 0 aliphatic rings. The van der Waals surface area contributed by atoms with E-state index in [1.165, 1.54) is 6.07 Å². The van der Waals surface area contributed by atoms with Crippen LogP contribution in [0.25, 0.3) is 0 Å². The van der Waals surface area contributed by atoms with Gasteiger partial charge in [0.15, 0.2) is 0 Å². The predicted octanol–water partition coefficient (Wildman–Crippen LogP) is 0.837. The van der Waals surface area contributed by atoms with E-state index in [1.807, 2.05) is 0 Å². The van der Waals surface area contributed by atoms with Crippen molar-refractivity contribution in [3.05, 3.63) is 28.5 Å². The van der Waals surface area contributed by atoms with E-state index in [-0.39, 0.29) is 15.9 Å². The number of hydrogen-bond donors (Lipinski definition) is 3. The van der Waals surface area contributed by atoms with Gasteiger partial charge >= 0.3 is 0 Å². The molecule has 0 radical (unpaired) electrons. The summed E-state index contributed by atoms with van der Waals surface area (Å²) in [5.41, 5.74) is 0. The minimum absolute atomic E-state index is 0.00979. The summed E-state index contributed by atoms with van der Waals surface area (Å²) in [6.07, 6.45) is -0.483. The number of benzene rings is 1. The number of nitrogens with one attached hydrogen (secondary N) is 2. The molecule has 0 aromatic heterocycles. The van der Waals surface area contributed by atoms with Gasteiger partial charge in [0.05, 0.1) is 11.0 Å². The van der Waals surface area contributed by atoms with Gasteiger partial charge in [0, 0.05) is 24.1 Å². The first-order valence-electron chi connectivity index (χ1n) is 5.66. The topological polar surface area (TPSA) is 78.4 Å². The lowest BCUT2D eigenvalue weighted by molar-refractivity contribution is 0.192. The Balaban J connectivity index is 2.56. The Labute approximate surface area is 120 Å². The van der Waals surface area contributed by atoms with Crippen molar-refractivity contribution >= 4 is 26.0 Å². The lowest BCUT2D eigenvalue weighted by Gasteiger charge is -2.10. The van der Waals surface area contributed by atoms with Crippen molar-refractivity contribution in [2.45, 2.75) is 17.9 Å². The average molecular weight is 355 g/mol. The number of hydrogen-bond acceptors (Lipinski definition) is 4. The Bertz CT molecular complexity index is 523. The van der Waals surface area contributed by atoms with Crippen LogP contribution in [0, 0.1) is 5.82 Å². The molecule has 0 aliphatic carbocycles. The lowest BCUT2D eigenvalue weighted by Crippen LogP contribution is -2.34. The first-order valence-corrected chi connectivity index (χ1v) is 7.94. The maximum Gasteiger partial charge on any atom is 0.241 e. The second-order valence-corrected chi connectivity index (χ2v) is 6.62. The van der Waals surface area contributed by atoms with E-state index in [0.717, 1.165) is 12.1 Å². The summed E-state index contributed by atoms with van der Waals surface area (Å²) in [5.74, 6) is -0.510. The lowest BCUT2D eigenvalue weighted by atomic mass is 10.3. The minimum atomic E-state index is -3.67. The summed E-state index contributed by atoms with van der Waals surface area (Å²) in [6, 6.07) is 3.39. The van der Waals surface area contributed by atoms with Crippen LogP contribution in [0.5, 0.6) is 0 Å². The molecule has 0 heterocycles. The number of sulfonamides is 1. The van der Waals surface area contributed by atoms with Crippen LogP contribution in [0.2, 0.25) is 0 Å².